The molecule has 0 heterocycles. The normalized spacial score (nSPS) is 10.3. The number of carbonyl (C=O) groups is 3. The third-order valence-corrected chi connectivity index (χ3v) is 3.75. The zero-order chi connectivity index (χ0) is 22.1. The minimum atomic E-state index is -3.03. The smallest absolute Gasteiger partial charge is 0.387 e. The van der Waals surface area contributed by atoms with Crippen molar-refractivity contribution in [2.24, 2.45) is 0 Å². The highest BCUT2D eigenvalue weighted by molar-refractivity contribution is 6.31. The van der Waals surface area contributed by atoms with Crippen LogP contribution in [0.4, 0.5) is 14.5 Å². The zero-order valence-corrected chi connectivity index (χ0v) is 16.4. The molecule has 2 N–H and O–H groups in total. The standard InChI is InChI=1S/C19H17ClF2N2O6/c1-28-15-6-5-12(20)8-14(15)24-16(25)10-29-17(26)9-23-18(27)11-3-2-4-13(7-11)30-19(21)22/h2-8,19H,9-10H2,1H3,(H,23,27)(H,24,25). The summed E-state index contributed by atoms with van der Waals surface area (Å²) >= 11 is 5.86. The summed E-state index contributed by atoms with van der Waals surface area (Å²) in [5.74, 6) is -2.07. The number of hydrogen-bond acceptors (Lipinski definition) is 6. The molecule has 0 radical (unpaired) electrons. The number of carbonyl (C=O) groups excluding carboxylic acids is 3. The molecule has 2 aromatic rings. The van der Waals surface area contributed by atoms with E-state index in [1.807, 2.05) is 0 Å². The van der Waals surface area contributed by atoms with Gasteiger partial charge in [-0.15, -0.1) is 0 Å². The molecule has 8 nitrogen and oxygen atoms in total. The fourth-order valence-corrected chi connectivity index (χ4v) is 2.40. The number of anilines is 1. The summed E-state index contributed by atoms with van der Waals surface area (Å²) in [5.41, 5.74) is 0.303. The summed E-state index contributed by atoms with van der Waals surface area (Å²) in [4.78, 5) is 35.7. The third-order valence-electron chi connectivity index (χ3n) is 3.51. The van der Waals surface area contributed by atoms with Crippen LogP contribution in [0.25, 0.3) is 0 Å². The topological polar surface area (TPSA) is 103 Å². The van der Waals surface area contributed by atoms with Crippen molar-refractivity contribution >= 4 is 35.1 Å². The summed E-state index contributed by atoms with van der Waals surface area (Å²) in [7, 11) is 1.41. The average Bonchev–Trinajstić information content (AvgIpc) is 2.70. The van der Waals surface area contributed by atoms with E-state index in [2.05, 4.69) is 15.4 Å². The molecule has 0 saturated carbocycles. The summed E-state index contributed by atoms with van der Waals surface area (Å²) in [6, 6.07) is 9.65. The molecule has 2 aromatic carbocycles. The van der Waals surface area contributed by atoms with Gasteiger partial charge in [0.1, 0.15) is 18.0 Å². The van der Waals surface area contributed by atoms with Crippen LogP contribution in [0.1, 0.15) is 10.4 Å². The van der Waals surface area contributed by atoms with E-state index in [-0.39, 0.29) is 11.3 Å². The number of halogens is 3. The molecule has 0 fully saturated rings. The molecule has 0 saturated heterocycles. The third kappa shape index (κ3) is 7.21. The van der Waals surface area contributed by atoms with Gasteiger partial charge < -0.3 is 24.8 Å². The Morgan fingerprint density at radius 1 is 1.13 bits per heavy atom. The molecule has 2 rings (SSSR count). The highest BCUT2D eigenvalue weighted by atomic mass is 35.5. The Kier molecular flexibility index (Phi) is 8.36. The lowest BCUT2D eigenvalue weighted by molar-refractivity contribution is -0.146. The van der Waals surface area contributed by atoms with Crippen molar-refractivity contribution in [3.8, 4) is 11.5 Å². The molecule has 0 aliphatic rings. The molecule has 30 heavy (non-hydrogen) atoms. The quantitative estimate of drug-likeness (QED) is 0.579. The van der Waals surface area contributed by atoms with E-state index in [9.17, 15) is 23.2 Å². The number of alkyl halides is 2. The van der Waals surface area contributed by atoms with Crippen LogP contribution >= 0.6 is 11.6 Å². The van der Waals surface area contributed by atoms with Gasteiger partial charge in [0.15, 0.2) is 6.61 Å². The van der Waals surface area contributed by atoms with Gasteiger partial charge in [-0.05, 0) is 36.4 Å². The fourth-order valence-electron chi connectivity index (χ4n) is 2.23. The lowest BCUT2D eigenvalue weighted by atomic mass is 10.2. The first-order chi connectivity index (χ1) is 14.3. The predicted molar refractivity (Wildman–Crippen MR) is 103 cm³/mol. The van der Waals surface area contributed by atoms with Gasteiger partial charge in [-0.25, -0.2) is 0 Å². The Hall–Kier alpha value is -3.40. The predicted octanol–water partition coefficient (Wildman–Crippen LogP) is 2.86. The molecule has 0 atom stereocenters. The van der Waals surface area contributed by atoms with Gasteiger partial charge in [0.25, 0.3) is 11.8 Å². The van der Waals surface area contributed by atoms with E-state index in [0.29, 0.717) is 16.5 Å². The fraction of sp³-hybridized carbons (Fsp3) is 0.211. The number of rotatable bonds is 9. The Morgan fingerprint density at radius 2 is 1.90 bits per heavy atom. The molecule has 0 aliphatic heterocycles. The van der Waals surface area contributed by atoms with Crippen molar-refractivity contribution in [3.63, 3.8) is 0 Å². The molecule has 0 aliphatic carbocycles. The van der Waals surface area contributed by atoms with Gasteiger partial charge in [-0.2, -0.15) is 8.78 Å². The van der Waals surface area contributed by atoms with Crippen molar-refractivity contribution in [1.82, 2.24) is 5.32 Å². The lowest BCUT2D eigenvalue weighted by Gasteiger charge is -2.11. The van der Waals surface area contributed by atoms with Crippen molar-refractivity contribution in [3.05, 3.63) is 53.1 Å². The SMILES string of the molecule is COc1ccc(Cl)cc1NC(=O)COC(=O)CNC(=O)c1cccc(OC(F)F)c1. The van der Waals surface area contributed by atoms with Crippen LogP contribution in [0.5, 0.6) is 11.5 Å². The Balaban J connectivity index is 1.80. The Bertz CT molecular complexity index is 926. The van der Waals surface area contributed by atoms with E-state index in [4.69, 9.17) is 21.1 Å². The maximum atomic E-state index is 12.2. The number of benzene rings is 2. The van der Waals surface area contributed by atoms with Gasteiger partial charge in [0.05, 0.1) is 12.8 Å². The summed E-state index contributed by atoms with van der Waals surface area (Å²) < 4.78 is 38.5. The van der Waals surface area contributed by atoms with Gasteiger partial charge in [0.2, 0.25) is 0 Å². The number of methoxy groups -OCH3 is 1. The highest BCUT2D eigenvalue weighted by Crippen LogP contribution is 2.27. The number of hydrogen-bond donors (Lipinski definition) is 2. The lowest BCUT2D eigenvalue weighted by Crippen LogP contribution is -2.32. The van der Waals surface area contributed by atoms with Crippen molar-refractivity contribution in [1.29, 1.82) is 0 Å². The van der Waals surface area contributed by atoms with Crippen LogP contribution < -0.4 is 20.1 Å². The maximum absolute atomic E-state index is 12.2. The molecule has 0 aromatic heterocycles. The second kappa shape index (κ2) is 11.0. The minimum Gasteiger partial charge on any atom is -0.495 e. The first kappa shape index (κ1) is 22.9. The molecule has 0 spiro atoms. The van der Waals surface area contributed by atoms with Gasteiger partial charge in [-0.1, -0.05) is 17.7 Å². The molecule has 0 unspecified atom stereocenters. The zero-order valence-electron chi connectivity index (χ0n) is 15.6. The van der Waals surface area contributed by atoms with E-state index in [0.717, 1.165) is 6.07 Å². The first-order valence-corrected chi connectivity index (χ1v) is 8.78. The Morgan fingerprint density at radius 3 is 2.60 bits per heavy atom. The maximum Gasteiger partial charge on any atom is 0.387 e. The van der Waals surface area contributed by atoms with Crippen molar-refractivity contribution < 1.29 is 37.4 Å². The van der Waals surface area contributed by atoms with Crippen molar-refractivity contribution in [2.45, 2.75) is 6.61 Å². The molecular weight excluding hydrogens is 426 g/mol. The van der Waals surface area contributed by atoms with E-state index in [1.54, 1.807) is 12.1 Å². The monoisotopic (exact) mass is 442 g/mol. The largest absolute Gasteiger partial charge is 0.495 e. The number of ether oxygens (including phenoxy) is 3. The van der Waals surface area contributed by atoms with Gasteiger partial charge >= 0.3 is 12.6 Å². The van der Waals surface area contributed by atoms with Gasteiger partial charge in [-0.3, -0.25) is 14.4 Å². The van der Waals surface area contributed by atoms with Crippen LogP contribution in [0.3, 0.4) is 0 Å². The van der Waals surface area contributed by atoms with Crippen LogP contribution in [0, 0.1) is 0 Å². The average molecular weight is 443 g/mol. The molecule has 2 amide bonds. The number of esters is 1. The first-order valence-electron chi connectivity index (χ1n) is 8.40. The van der Waals surface area contributed by atoms with Crippen LogP contribution in [-0.2, 0) is 14.3 Å². The molecule has 0 bridgehead atoms. The second-order valence-corrected chi connectivity index (χ2v) is 6.08. The van der Waals surface area contributed by atoms with Crippen LogP contribution in [-0.4, -0.2) is 44.7 Å². The second-order valence-electron chi connectivity index (χ2n) is 5.64. The minimum absolute atomic E-state index is 0.00624. The number of nitrogens with one attached hydrogen (secondary N) is 2. The molecular formula is C19H17ClF2N2O6. The van der Waals surface area contributed by atoms with E-state index >= 15 is 0 Å². The molecule has 11 heteroatoms. The van der Waals surface area contributed by atoms with Crippen LogP contribution in [0.15, 0.2) is 42.5 Å². The number of amides is 2. The molecule has 160 valence electrons. The van der Waals surface area contributed by atoms with Crippen molar-refractivity contribution in [2.75, 3.05) is 25.6 Å². The van der Waals surface area contributed by atoms with Crippen LogP contribution in [0.2, 0.25) is 5.02 Å². The summed E-state index contributed by atoms with van der Waals surface area (Å²) in [6.45, 7) is -4.18. The Labute approximate surface area is 175 Å². The highest BCUT2D eigenvalue weighted by Gasteiger charge is 2.14. The van der Waals surface area contributed by atoms with Gasteiger partial charge in [0, 0.05) is 10.6 Å². The van der Waals surface area contributed by atoms with E-state index < -0.39 is 37.5 Å². The summed E-state index contributed by atoms with van der Waals surface area (Å²) in [6.07, 6.45) is 0. The van der Waals surface area contributed by atoms with E-state index in [1.165, 1.54) is 31.4 Å². The summed E-state index contributed by atoms with van der Waals surface area (Å²) in [5, 5.41) is 5.10.